The van der Waals surface area contributed by atoms with E-state index < -0.39 is 22.8 Å². The summed E-state index contributed by atoms with van der Waals surface area (Å²) >= 11 is 0. The first-order valence-corrected chi connectivity index (χ1v) is 6.71. The molecule has 0 fully saturated rings. The highest BCUT2D eigenvalue weighted by molar-refractivity contribution is 5.97. The van der Waals surface area contributed by atoms with Gasteiger partial charge in [-0.2, -0.15) is 0 Å². The second-order valence-electron chi connectivity index (χ2n) is 4.79. The van der Waals surface area contributed by atoms with Gasteiger partial charge in [-0.1, -0.05) is 12.1 Å². The molecular formula is C15H14N4O4. The molecule has 0 aliphatic heterocycles. The number of non-ortho nitro benzene ring substituents is 1. The zero-order valence-electron chi connectivity index (χ0n) is 12.0. The van der Waals surface area contributed by atoms with Gasteiger partial charge < -0.3 is 11.1 Å². The molecule has 0 radical (unpaired) electrons. The number of amides is 2. The summed E-state index contributed by atoms with van der Waals surface area (Å²) in [6, 6.07) is 7.81. The zero-order chi connectivity index (χ0) is 16.8. The summed E-state index contributed by atoms with van der Waals surface area (Å²) in [5.74, 6) is -1.14. The Labute approximate surface area is 131 Å². The van der Waals surface area contributed by atoms with Gasteiger partial charge in [-0.25, -0.2) is 0 Å². The van der Waals surface area contributed by atoms with Crippen molar-refractivity contribution in [1.82, 2.24) is 10.3 Å². The molecule has 1 heterocycles. The molecule has 1 aromatic carbocycles. The monoisotopic (exact) mass is 314 g/mol. The largest absolute Gasteiger partial charge is 0.368 e. The number of nitrogens with one attached hydrogen (secondary N) is 1. The first-order valence-electron chi connectivity index (χ1n) is 6.71. The average Bonchev–Trinajstić information content (AvgIpc) is 2.55. The first-order chi connectivity index (χ1) is 11.0. The van der Waals surface area contributed by atoms with Crippen molar-refractivity contribution in [2.45, 2.75) is 12.5 Å². The Bertz CT molecular complexity index is 716. The zero-order valence-corrected chi connectivity index (χ0v) is 12.0. The summed E-state index contributed by atoms with van der Waals surface area (Å²) in [6.45, 7) is 0. The Balaban J connectivity index is 2.08. The second-order valence-corrected chi connectivity index (χ2v) is 4.79. The Morgan fingerprint density at radius 3 is 2.30 bits per heavy atom. The van der Waals surface area contributed by atoms with Crippen LogP contribution in [0.25, 0.3) is 0 Å². The van der Waals surface area contributed by atoms with Crippen LogP contribution in [-0.4, -0.2) is 27.8 Å². The molecule has 0 aliphatic rings. The normalized spacial score (nSPS) is 11.5. The van der Waals surface area contributed by atoms with Crippen LogP contribution in [0.3, 0.4) is 0 Å². The Kier molecular flexibility index (Phi) is 4.98. The van der Waals surface area contributed by atoms with E-state index in [-0.39, 0.29) is 12.1 Å². The van der Waals surface area contributed by atoms with Gasteiger partial charge in [0.15, 0.2) is 0 Å². The van der Waals surface area contributed by atoms with Gasteiger partial charge in [0.2, 0.25) is 5.91 Å². The minimum Gasteiger partial charge on any atom is -0.368 e. The summed E-state index contributed by atoms with van der Waals surface area (Å²) in [5.41, 5.74) is 6.27. The maximum absolute atomic E-state index is 12.1. The van der Waals surface area contributed by atoms with E-state index in [1.165, 1.54) is 48.8 Å². The van der Waals surface area contributed by atoms with Crippen LogP contribution in [0.1, 0.15) is 15.9 Å². The number of primary amides is 1. The van der Waals surface area contributed by atoms with Crippen LogP contribution in [0.2, 0.25) is 0 Å². The van der Waals surface area contributed by atoms with Gasteiger partial charge in [0.25, 0.3) is 11.6 Å². The number of nitrogens with two attached hydrogens (primary N) is 1. The van der Waals surface area contributed by atoms with Gasteiger partial charge in [0, 0.05) is 36.5 Å². The number of nitrogens with zero attached hydrogens (tertiary/aromatic N) is 2. The molecule has 1 atom stereocenters. The van der Waals surface area contributed by atoms with E-state index >= 15 is 0 Å². The lowest BCUT2D eigenvalue weighted by atomic mass is 10.0. The van der Waals surface area contributed by atoms with E-state index in [9.17, 15) is 19.7 Å². The van der Waals surface area contributed by atoms with Crippen molar-refractivity contribution in [2.24, 2.45) is 5.73 Å². The fraction of sp³-hybridized carbons (Fsp3) is 0.133. The maximum Gasteiger partial charge on any atom is 0.269 e. The molecule has 2 amide bonds. The summed E-state index contributed by atoms with van der Waals surface area (Å²) in [5, 5.41) is 13.2. The standard InChI is InChI=1S/C15H14N4O4/c16-14(20)13(18-15(21)11-5-7-17-8-6-11)9-10-1-3-12(4-2-10)19(22)23/h1-8,13H,9H2,(H2,16,20)(H,18,21)/t13-/m1/s1. The fourth-order valence-corrected chi connectivity index (χ4v) is 1.96. The number of nitro groups is 1. The van der Waals surface area contributed by atoms with Crippen molar-refractivity contribution in [3.05, 3.63) is 70.0 Å². The number of hydrogen-bond donors (Lipinski definition) is 2. The van der Waals surface area contributed by atoms with Crippen molar-refractivity contribution in [3.63, 3.8) is 0 Å². The summed E-state index contributed by atoms with van der Waals surface area (Å²) in [4.78, 5) is 37.5. The lowest BCUT2D eigenvalue weighted by Crippen LogP contribution is -2.45. The van der Waals surface area contributed by atoms with Crippen LogP contribution in [0, 0.1) is 10.1 Å². The third kappa shape index (κ3) is 4.34. The number of rotatable bonds is 6. The lowest BCUT2D eigenvalue weighted by Gasteiger charge is -2.15. The summed E-state index contributed by atoms with van der Waals surface area (Å²) < 4.78 is 0. The number of carbonyl (C=O) groups is 2. The van der Waals surface area contributed by atoms with Crippen molar-refractivity contribution >= 4 is 17.5 Å². The molecule has 8 nitrogen and oxygen atoms in total. The molecule has 8 heteroatoms. The number of carbonyl (C=O) groups excluding carboxylic acids is 2. The molecule has 0 unspecified atom stereocenters. The van der Waals surface area contributed by atoms with Gasteiger partial charge in [0.05, 0.1) is 4.92 Å². The molecule has 0 saturated heterocycles. The Morgan fingerprint density at radius 2 is 1.78 bits per heavy atom. The minimum atomic E-state index is -0.919. The van der Waals surface area contributed by atoms with E-state index in [4.69, 9.17) is 5.73 Å². The minimum absolute atomic E-state index is 0.0507. The van der Waals surface area contributed by atoms with Gasteiger partial charge in [0.1, 0.15) is 6.04 Å². The molecule has 1 aromatic heterocycles. The number of pyridine rings is 1. The van der Waals surface area contributed by atoms with Crippen LogP contribution in [0.4, 0.5) is 5.69 Å². The third-order valence-electron chi connectivity index (χ3n) is 3.18. The maximum atomic E-state index is 12.1. The molecule has 3 N–H and O–H groups in total. The van der Waals surface area contributed by atoms with Crippen molar-refractivity contribution in [3.8, 4) is 0 Å². The predicted octanol–water partition coefficient (Wildman–Crippen LogP) is 0.816. The van der Waals surface area contributed by atoms with Crippen molar-refractivity contribution < 1.29 is 14.5 Å². The topological polar surface area (TPSA) is 128 Å². The second kappa shape index (κ2) is 7.12. The smallest absolute Gasteiger partial charge is 0.269 e. The first kappa shape index (κ1) is 16.1. The van der Waals surface area contributed by atoms with Crippen molar-refractivity contribution in [2.75, 3.05) is 0 Å². The molecular weight excluding hydrogens is 300 g/mol. The van der Waals surface area contributed by atoms with Gasteiger partial charge >= 0.3 is 0 Å². The van der Waals surface area contributed by atoms with E-state index in [1.807, 2.05) is 0 Å². The molecule has 118 valence electrons. The van der Waals surface area contributed by atoms with Crippen LogP contribution in [-0.2, 0) is 11.2 Å². The number of aromatic nitrogens is 1. The van der Waals surface area contributed by atoms with Gasteiger partial charge in [-0.05, 0) is 17.7 Å². The van der Waals surface area contributed by atoms with Gasteiger partial charge in [-0.15, -0.1) is 0 Å². The number of benzene rings is 1. The highest BCUT2D eigenvalue weighted by Crippen LogP contribution is 2.13. The van der Waals surface area contributed by atoms with Crippen molar-refractivity contribution in [1.29, 1.82) is 0 Å². The Morgan fingerprint density at radius 1 is 1.17 bits per heavy atom. The summed E-state index contributed by atoms with van der Waals surface area (Å²) in [7, 11) is 0. The SMILES string of the molecule is NC(=O)[C@@H](Cc1ccc([N+](=O)[O-])cc1)NC(=O)c1ccncc1. The summed E-state index contributed by atoms with van der Waals surface area (Å²) in [6.07, 6.45) is 3.07. The number of hydrogen-bond acceptors (Lipinski definition) is 5. The highest BCUT2D eigenvalue weighted by atomic mass is 16.6. The highest BCUT2D eigenvalue weighted by Gasteiger charge is 2.19. The van der Waals surface area contributed by atoms with Crippen LogP contribution >= 0.6 is 0 Å². The lowest BCUT2D eigenvalue weighted by molar-refractivity contribution is -0.384. The molecule has 2 rings (SSSR count). The molecule has 0 aliphatic carbocycles. The quantitative estimate of drug-likeness (QED) is 0.602. The molecule has 2 aromatic rings. The molecule has 23 heavy (non-hydrogen) atoms. The van der Waals surface area contributed by atoms with Crippen LogP contribution in [0.15, 0.2) is 48.8 Å². The van der Waals surface area contributed by atoms with E-state index in [1.54, 1.807) is 0 Å². The number of nitro benzene ring substituents is 1. The molecule has 0 saturated carbocycles. The Hall–Kier alpha value is -3.29. The van der Waals surface area contributed by atoms with Crippen LogP contribution in [0.5, 0.6) is 0 Å². The fourth-order valence-electron chi connectivity index (χ4n) is 1.96. The average molecular weight is 314 g/mol. The molecule has 0 spiro atoms. The van der Waals surface area contributed by atoms with E-state index in [0.717, 1.165) is 0 Å². The van der Waals surface area contributed by atoms with E-state index in [0.29, 0.717) is 11.1 Å². The van der Waals surface area contributed by atoms with E-state index in [2.05, 4.69) is 10.3 Å². The third-order valence-corrected chi connectivity index (χ3v) is 3.18. The van der Waals surface area contributed by atoms with Gasteiger partial charge in [-0.3, -0.25) is 24.7 Å². The van der Waals surface area contributed by atoms with Crippen LogP contribution < -0.4 is 11.1 Å². The predicted molar refractivity (Wildman–Crippen MR) is 81.5 cm³/mol. The molecule has 0 bridgehead atoms.